The van der Waals surface area contributed by atoms with Crippen LogP contribution in [-0.2, 0) is 13.2 Å². The summed E-state index contributed by atoms with van der Waals surface area (Å²) >= 11 is 0. The molecule has 3 rings (SSSR count). The Morgan fingerprint density at radius 3 is 2.52 bits per heavy atom. The highest BCUT2D eigenvalue weighted by Crippen LogP contribution is 2.29. The summed E-state index contributed by atoms with van der Waals surface area (Å²) in [7, 11) is 1.66. The van der Waals surface area contributed by atoms with Gasteiger partial charge in [0.15, 0.2) is 17.5 Å². The number of guanidine groups is 1. The molecule has 1 saturated carbocycles. The van der Waals surface area contributed by atoms with E-state index in [1.165, 1.54) is 12.8 Å². The van der Waals surface area contributed by atoms with Crippen LogP contribution < -0.4 is 20.1 Å². The van der Waals surface area contributed by atoms with Crippen LogP contribution in [0.3, 0.4) is 0 Å². The average molecular weight is 481 g/mol. The van der Waals surface area contributed by atoms with Gasteiger partial charge in [0.05, 0.1) is 13.7 Å². The van der Waals surface area contributed by atoms with E-state index in [9.17, 15) is 0 Å². The lowest BCUT2D eigenvalue weighted by atomic mass is 10.2. The molecule has 2 aromatic carbocycles. The first-order valence-electron chi connectivity index (χ1n) is 9.17. The van der Waals surface area contributed by atoms with Crippen molar-refractivity contribution in [2.24, 2.45) is 4.99 Å². The van der Waals surface area contributed by atoms with E-state index in [2.05, 4.69) is 22.5 Å². The molecule has 6 heteroatoms. The molecule has 0 aromatic heterocycles. The van der Waals surface area contributed by atoms with Crippen molar-refractivity contribution in [3.63, 3.8) is 0 Å². The summed E-state index contributed by atoms with van der Waals surface area (Å²) in [4.78, 5) is 4.66. The fraction of sp³-hybridized carbons (Fsp3) is 0.381. The molecule has 1 fully saturated rings. The van der Waals surface area contributed by atoms with Gasteiger partial charge in [-0.15, -0.1) is 24.0 Å². The zero-order chi connectivity index (χ0) is 18.2. The summed E-state index contributed by atoms with van der Waals surface area (Å²) in [6.07, 6.45) is 2.46. The predicted molar refractivity (Wildman–Crippen MR) is 120 cm³/mol. The van der Waals surface area contributed by atoms with E-state index >= 15 is 0 Å². The maximum atomic E-state index is 5.91. The Balaban J connectivity index is 0.00000261. The van der Waals surface area contributed by atoms with Crippen molar-refractivity contribution in [3.8, 4) is 11.5 Å². The Hall–Kier alpha value is -1.96. The predicted octanol–water partition coefficient (Wildman–Crippen LogP) is 4.11. The lowest BCUT2D eigenvalue weighted by Gasteiger charge is -2.13. The lowest BCUT2D eigenvalue weighted by molar-refractivity contribution is 0.284. The van der Waals surface area contributed by atoms with Crippen molar-refractivity contribution in [2.75, 3.05) is 13.7 Å². The van der Waals surface area contributed by atoms with Crippen LogP contribution in [0.15, 0.2) is 53.5 Å². The summed E-state index contributed by atoms with van der Waals surface area (Å²) in [5.74, 6) is 2.35. The van der Waals surface area contributed by atoms with Gasteiger partial charge in [-0.05, 0) is 43.0 Å². The minimum atomic E-state index is 0. The molecule has 0 unspecified atom stereocenters. The van der Waals surface area contributed by atoms with Crippen molar-refractivity contribution < 1.29 is 9.47 Å². The van der Waals surface area contributed by atoms with Crippen LogP contribution >= 0.6 is 24.0 Å². The van der Waals surface area contributed by atoms with Crippen LogP contribution in [0.4, 0.5) is 0 Å². The normalized spacial score (nSPS) is 13.5. The van der Waals surface area contributed by atoms with Gasteiger partial charge in [-0.1, -0.05) is 36.4 Å². The van der Waals surface area contributed by atoms with Crippen molar-refractivity contribution in [1.82, 2.24) is 10.6 Å². The Morgan fingerprint density at radius 1 is 1.07 bits per heavy atom. The highest BCUT2D eigenvalue weighted by molar-refractivity contribution is 14.0. The van der Waals surface area contributed by atoms with Crippen molar-refractivity contribution >= 4 is 29.9 Å². The maximum Gasteiger partial charge on any atom is 0.191 e. The molecule has 1 aliphatic rings. The van der Waals surface area contributed by atoms with E-state index in [0.29, 0.717) is 19.2 Å². The summed E-state index contributed by atoms with van der Waals surface area (Å²) in [6.45, 7) is 4.04. The smallest absolute Gasteiger partial charge is 0.191 e. The van der Waals surface area contributed by atoms with E-state index in [1.54, 1.807) is 7.11 Å². The molecule has 0 bridgehead atoms. The fourth-order valence-corrected chi connectivity index (χ4v) is 2.58. The highest BCUT2D eigenvalue weighted by atomic mass is 127. The molecule has 1 aliphatic carbocycles. The van der Waals surface area contributed by atoms with Crippen LogP contribution in [0.1, 0.15) is 30.9 Å². The quantitative estimate of drug-likeness (QED) is 0.339. The van der Waals surface area contributed by atoms with E-state index in [-0.39, 0.29) is 24.0 Å². The Labute approximate surface area is 178 Å². The van der Waals surface area contributed by atoms with Gasteiger partial charge in [0.1, 0.15) is 6.61 Å². The molecule has 146 valence electrons. The van der Waals surface area contributed by atoms with Crippen molar-refractivity contribution in [2.45, 2.75) is 39.0 Å². The number of hydrogen-bond acceptors (Lipinski definition) is 3. The van der Waals surface area contributed by atoms with E-state index < -0.39 is 0 Å². The minimum absolute atomic E-state index is 0. The second-order valence-electron chi connectivity index (χ2n) is 6.37. The van der Waals surface area contributed by atoms with Gasteiger partial charge in [-0.3, -0.25) is 0 Å². The molecule has 0 radical (unpaired) electrons. The monoisotopic (exact) mass is 481 g/mol. The molecule has 2 N–H and O–H groups in total. The topological polar surface area (TPSA) is 54.9 Å². The van der Waals surface area contributed by atoms with E-state index in [4.69, 9.17) is 9.47 Å². The van der Waals surface area contributed by atoms with Crippen LogP contribution in [0.5, 0.6) is 11.5 Å². The van der Waals surface area contributed by atoms with Crippen molar-refractivity contribution in [1.29, 1.82) is 0 Å². The second-order valence-corrected chi connectivity index (χ2v) is 6.37. The van der Waals surface area contributed by atoms with Gasteiger partial charge < -0.3 is 20.1 Å². The molecule has 5 nitrogen and oxygen atoms in total. The van der Waals surface area contributed by atoms with Gasteiger partial charge in [0.2, 0.25) is 0 Å². The number of aliphatic imine (C=N–C) groups is 1. The molecule has 0 spiro atoms. The van der Waals surface area contributed by atoms with Gasteiger partial charge in [-0.25, -0.2) is 4.99 Å². The summed E-state index contributed by atoms with van der Waals surface area (Å²) in [6, 6.07) is 16.7. The number of rotatable bonds is 8. The second kappa shape index (κ2) is 11.0. The van der Waals surface area contributed by atoms with Gasteiger partial charge in [-0.2, -0.15) is 0 Å². The third-order valence-corrected chi connectivity index (χ3v) is 4.15. The number of ether oxygens (including phenoxy) is 2. The number of benzene rings is 2. The Morgan fingerprint density at radius 2 is 1.85 bits per heavy atom. The third-order valence-electron chi connectivity index (χ3n) is 4.15. The summed E-state index contributed by atoms with van der Waals surface area (Å²) in [5.41, 5.74) is 2.21. The number of methoxy groups -OCH3 is 1. The lowest BCUT2D eigenvalue weighted by Crippen LogP contribution is -2.38. The molecule has 0 amide bonds. The molecule has 0 atom stereocenters. The number of hydrogen-bond donors (Lipinski definition) is 2. The third kappa shape index (κ3) is 6.93. The SMILES string of the molecule is CCNC(=NCc1ccc(OCc2ccccc2)c(OC)c1)NC1CC1.I. The van der Waals surface area contributed by atoms with Crippen LogP contribution in [0, 0.1) is 0 Å². The molecule has 0 heterocycles. The summed E-state index contributed by atoms with van der Waals surface area (Å²) in [5, 5.41) is 6.71. The molecule has 2 aromatic rings. The fourth-order valence-electron chi connectivity index (χ4n) is 2.58. The standard InChI is InChI=1S/C21H27N3O2.HI/c1-3-22-21(24-18-10-11-18)23-14-17-9-12-19(20(13-17)25-2)26-15-16-7-5-4-6-8-16;/h4-9,12-13,18H,3,10-11,14-15H2,1-2H3,(H2,22,23,24);1H. The number of nitrogens with one attached hydrogen (secondary N) is 2. The maximum absolute atomic E-state index is 5.91. The zero-order valence-corrected chi connectivity index (χ0v) is 18.2. The van der Waals surface area contributed by atoms with E-state index in [0.717, 1.165) is 35.1 Å². The Bertz CT molecular complexity index is 733. The van der Waals surface area contributed by atoms with Crippen molar-refractivity contribution in [3.05, 3.63) is 59.7 Å². The minimum Gasteiger partial charge on any atom is -0.493 e. The zero-order valence-electron chi connectivity index (χ0n) is 15.9. The average Bonchev–Trinajstić information content (AvgIpc) is 3.50. The molecular formula is C21H28IN3O2. The first-order chi connectivity index (χ1) is 12.8. The van der Waals surface area contributed by atoms with Crippen LogP contribution in [0.2, 0.25) is 0 Å². The number of nitrogens with zero attached hydrogens (tertiary/aromatic N) is 1. The number of halogens is 1. The van der Waals surface area contributed by atoms with E-state index in [1.807, 2.05) is 48.5 Å². The molecule has 0 saturated heterocycles. The largest absolute Gasteiger partial charge is 0.493 e. The highest BCUT2D eigenvalue weighted by Gasteiger charge is 2.22. The first-order valence-corrected chi connectivity index (χ1v) is 9.17. The molecular weight excluding hydrogens is 453 g/mol. The Kier molecular flexibility index (Phi) is 8.71. The van der Waals surface area contributed by atoms with Crippen LogP contribution in [-0.4, -0.2) is 25.7 Å². The molecule has 27 heavy (non-hydrogen) atoms. The van der Waals surface area contributed by atoms with Gasteiger partial charge in [0, 0.05) is 12.6 Å². The van der Waals surface area contributed by atoms with Gasteiger partial charge >= 0.3 is 0 Å². The first kappa shape index (κ1) is 21.3. The van der Waals surface area contributed by atoms with Gasteiger partial charge in [0.25, 0.3) is 0 Å². The van der Waals surface area contributed by atoms with Crippen LogP contribution in [0.25, 0.3) is 0 Å². The summed E-state index contributed by atoms with van der Waals surface area (Å²) < 4.78 is 11.4. The molecule has 0 aliphatic heterocycles.